The van der Waals surface area contributed by atoms with E-state index in [-0.39, 0.29) is 5.56 Å². The highest BCUT2D eigenvalue weighted by Crippen LogP contribution is 2.28. The Bertz CT molecular complexity index is 775. The molecule has 2 aromatic carbocycles. The molecule has 0 heterocycles. The molecule has 0 spiro atoms. The lowest BCUT2D eigenvalue weighted by atomic mass is 10.2. The first-order valence-corrected chi connectivity index (χ1v) is 7.73. The van der Waals surface area contributed by atoms with E-state index in [1.807, 2.05) is 6.92 Å². The number of ether oxygens (including phenoxy) is 2. The highest BCUT2D eigenvalue weighted by Gasteiger charge is 2.06. The van der Waals surface area contributed by atoms with Gasteiger partial charge in [0.2, 0.25) is 0 Å². The van der Waals surface area contributed by atoms with Gasteiger partial charge in [-0.25, -0.2) is 9.82 Å². The number of rotatable bonds is 8. The normalized spacial score (nSPS) is 10.5. The minimum absolute atomic E-state index is 0.195. The summed E-state index contributed by atoms with van der Waals surface area (Å²) in [7, 11) is 0. The van der Waals surface area contributed by atoms with Crippen LogP contribution in [-0.4, -0.2) is 25.3 Å². The van der Waals surface area contributed by atoms with Gasteiger partial charge in [0.05, 0.1) is 12.8 Å². The molecular weight excluding hydrogens is 323 g/mol. The van der Waals surface area contributed by atoms with Gasteiger partial charge >= 0.3 is 0 Å². The highest BCUT2D eigenvalue weighted by molar-refractivity contribution is 5.94. The van der Waals surface area contributed by atoms with E-state index in [0.29, 0.717) is 30.3 Å². The van der Waals surface area contributed by atoms with Crippen LogP contribution in [0.3, 0.4) is 0 Å². The molecule has 0 radical (unpaired) electrons. The molecule has 0 aliphatic heterocycles. The van der Waals surface area contributed by atoms with Crippen molar-refractivity contribution in [2.45, 2.75) is 6.92 Å². The number of amides is 1. The molecular formula is C19H19FN2O3. The smallest absolute Gasteiger partial charge is 0.271 e. The number of hydrogen-bond acceptors (Lipinski definition) is 4. The highest BCUT2D eigenvalue weighted by atomic mass is 19.1. The molecule has 0 unspecified atom stereocenters. The van der Waals surface area contributed by atoms with Gasteiger partial charge < -0.3 is 9.47 Å². The fraction of sp³-hybridized carbons (Fsp3) is 0.158. The number of benzene rings is 2. The van der Waals surface area contributed by atoms with Gasteiger partial charge in [-0.1, -0.05) is 18.7 Å². The average molecular weight is 342 g/mol. The molecule has 5 nitrogen and oxygen atoms in total. The number of nitrogens with one attached hydrogen (secondary N) is 1. The van der Waals surface area contributed by atoms with Crippen molar-refractivity contribution in [1.29, 1.82) is 0 Å². The third kappa shape index (κ3) is 5.46. The largest absolute Gasteiger partial charge is 0.490 e. The Hall–Kier alpha value is -3.15. The van der Waals surface area contributed by atoms with E-state index in [4.69, 9.17) is 9.47 Å². The molecule has 0 aromatic heterocycles. The summed E-state index contributed by atoms with van der Waals surface area (Å²) in [4.78, 5) is 11.9. The molecule has 0 saturated carbocycles. The van der Waals surface area contributed by atoms with Crippen LogP contribution in [0.25, 0.3) is 0 Å². The van der Waals surface area contributed by atoms with Gasteiger partial charge in [0.1, 0.15) is 12.4 Å². The van der Waals surface area contributed by atoms with Crippen molar-refractivity contribution in [3.63, 3.8) is 0 Å². The van der Waals surface area contributed by atoms with E-state index in [0.717, 1.165) is 6.07 Å². The second-order valence-electron chi connectivity index (χ2n) is 4.95. The third-order valence-corrected chi connectivity index (χ3v) is 3.09. The Morgan fingerprint density at radius 3 is 2.80 bits per heavy atom. The van der Waals surface area contributed by atoms with Gasteiger partial charge in [0.15, 0.2) is 11.5 Å². The molecule has 0 atom stereocenters. The second-order valence-corrected chi connectivity index (χ2v) is 4.95. The molecule has 1 amide bonds. The second kappa shape index (κ2) is 9.22. The van der Waals surface area contributed by atoms with Gasteiger partial charge in [0, 0.05) is 5.56 Å². The van der Waals surface area contributed by atoms with Gasteiger partial charge in [0.25, 0.3) is 5.91 Å². The fourth-order valence-corrected chi connectivity index (χ4v) is 2.00. The lowest BCUT2D eigenvalue weighted by molar-refractivity contribution is 0.0954. The Labute approximate surface area is 145 Å². The van der Waals surface area contributed by atoms with E-state index in [9.17, 15) is 9.18 Å². The summed E-state index contributed by atoms with van der Waals surface area (Å²) in [5.41, 5.74) is 3.26. The van der Waals surface area contributed by atoms with Crippen LogP contribution >= 0.6 is 0 Å². The van der Waals surface area contributed by atoms with Crippen molar-refractivity contribution in [3.05, 3.63) is 72.1 Å². The van der Waals surface area contributed by atoms with Crippen molar-refractivity contribution in [1.82, 2.24) is 5.43 Å². The summed E-state index contributed by atoms with van der Waals surface area (Å²) in [6.07, 6.45) is 3.12. The van der Waals surface area contributed by atoms with E-state index >= 15 is 0 Å². The zero-order valence-corrected chi connectivity index (χ0v) is 13.9. The van der Waals surface area contributed by atoms with E-state index in [1.54, 1.807) is 24.3 Å². The summed E-state index contributed by atoms with van der Waals surface area (Å²) in [5.74, 6) is 0.201. The number of halogens is 1. The fourth-order valence-electron chi connectivity index (χ4n) is 2.00. The molecule has 2 rings (SSSR count). The Kier molecular flexibility index (Phi) is 6.71. The summed E-state index contributed by atoms with van der Waals surface area (Å²) < 4.78 is 24.2. The van der Waals surface area contributed by atoms with Crippen LogP contribution in [0, 0.1) is 5.82 Å². The SMILES string of the molecule is C=CCOc1ccc(/C=N/NC(=O)c2cccc(F)c2)cc1OCC. The van der Waals surface area contributed by atoms with Gasteiger partial charge in [-0.2, -0.15) is 5.10 Å². The predicted molar refractivity (Wildman–Crippen MR) is 94.8 cm³/mol. The predicted octanol–water partition coefficient (Wildman–Crippen LogP) is 3.55. The molecule has 0 aliphatic rings. The van der Waals surface area contributed by atoms with Gasteiger partial charge in [-0.05, 0) is 48.9 Å². The first-order valence-electron chi connectivity index (χ1n) is 7.73. The molecule has 0 saturated heterocycles. The maximum Gasteiger partial charge on any atom is 0.271 e. The van der Waals surface area contributed by atoms with Crippen LogP contribution in [0.1, 0.15) is 22.8 Å². The maximum absolute atomic E-state index is 13.1. The van der Waals surface area contributed by atoms with Gasteiger partial charge in [-0.3, -0.25) is 4.79 Å². The van der Waals surface area contributed by atoms with Crippen LogP contribution in [-0.2, 0) is 0 Å². The van der Waals surface area contributed by atoms with Crippen molar-refractivity contribution >= 4 is 12.1 Å². The first kappa shape index (κ1) is 18.2. The summed E-state index contributed by atoms with van der Waals surface area (Å²) in [6.45, 7) is 6.34. The van der Waals surface area contributed by atoms with Crippen LogP contribution in [0.5, 0.6) is 11.5 Å². The molecule has 2 aromatic rings. The number of carbonyl (C=O) groups is 1. The minimum atomic E-state index is -0.494. The zero-order valence-electron chi connectivity index (χ0n) is 13.9. The number of nitrogens with zero attached hydrogens (tertiary/aromatic N) is 1. The van der Waals surface area contributed by atoms with Crippen molar-refractivity contribution in [3.8, 4) is 11.5 Å². The van der Waals surface area contributed by atoms with Crippen LogP contribution in [0.4, 0.5) is 4.39 Å². The monoisotopic (exact) mass is 342 g/mol. The maximum atomic E-state index is 13.1. The molecule has 0 fully saturated rings. The van der Waals surface area contributed by atoms with Crippen molar-refractivity contribution < 1.29 is 18.7 Å². The molecule has 1 N–H and O–H groups in total. The van der Waals surface area contributed by atoms with Crippen LogP contribution < -0.4 is 14.9 Å². The Balaban J connectivity index is 2.05. The van der Waals surface area contributed by atoms with E-state index in [2.05, 4.69) is 17.1 Å². The quantitative estimate of drug-likeness (QED) is 0.453. The Morgan fingerprint density at radius 1 is 1.24 bits per heavy atom. The summed E-state index contributed by atoms with van der Waals surface area (Å²) in [6, 6.07) is 10.7. The molecule has 25 heavy (non-hydrogen) atoms. The van der Waals surface area contributed by atoms with Crippen LogP contribution in [0.15, 0.2) is 60.2 Å². The molecule has 130 valence electrons. The average Bonchev–Trinajstić information content (AvgIpc) is 2.61. The zero-order chi connectivity index (χ0) is 18.1. The number of hydrazone groups is 1. The summed E-state index contributed by atoms with van der Waals surface area (Å²) >= 11 is 0. The first-order chi connectivity index (χ1) is 12.1. The van der Waals surface area contributed by atoms with Crippen molar-refractivity contribution in [2.75, 3.05) is 13.2 Å². The molecule has 0 bridgehead atoms. The van der Waals surface area contributed by atoms with E-state index < -0.39 is 11.7 Å². The minimum Gasteiger partial charge on any atom is -0.490 e. The third-order valence-electron chi connectivity index (χ3n) is 3.09. The van der Waals surface area contributed by atoms with Crippen LogP contribution in [0.2, 0.25) is 0 Å². The molecule has 0 aliphatic carbocycles. The van der Waals surface area contributed by atoms with Gasteiger partial charge in [-0.15, -0.1) is 0 Å². The standard InChI is InChI=1S/C19H19FN2O3/c1-3-10-25-17-9-8-14(11-18(17)24-4-2)13-21-22-19(23)15-6-5-7-16(20)12-15/h3,5-9,11-13H,1,4,10H2,2H3,(H,22,23)/b21-13+. The number of hydrogen-bond donors (Lipinski definition) is 1. The lowest BCUT2D eigenvalue weighted by Gasteiger charge is -2.11. The molecule has 6 heteroatoms. The van der Waals surface area contributed by atoms with Crippen molar-refractivity contribution in [2.24, 2.45) is 5.10 Å². The summed E-state index contributed by atoms with van der Waals surface area (Å²) in [5, 5.41) is 3.88. The topological polar surface area (TPSA) is 59.9 Å². The number of carbonyl (C=O) groups excluding carboxylic acids is 1. The lowest BCUT2D eigenvalue weighted by Crippen LogP contribution is -2.17. The van der Waals surface area contributed by atoms with E-state index in [1.165, 1.54) is 24.4 Å². The Morgan fingerprint density at radius 2 is 2.08 bits per heavy atom.